The van der Waals surface area contributed by atoms with Crippen molar-refractivity contribution in [1.82, 2.24) is 0 Å². The van der Waals surface area contributed by atoms with Gasteiger partial charge in [-0.15, -0.1) is 0 Å². The van der Waals surface area contributed by atoms with Crippen molar-refractivity contribution in [3.8, 4) is 18.2 Å². The second-order valence-electron chi connectivity index (χ2n) is 3.91. The maximum absolute atomic E-state index is 12.8. The SMILES string of the molecule is N#CC(C#N)=C(N)[C@@]1(C#N)O[C@@H]1c1ccc(F)cc1. The Balaban J connectivity index is 2.40. The summed E-state index contributed by atoms with van der Waals surface area (Å²) in [6.07, 6.45) is -0.699. The predicted octanol–water partition coefficient (Wildman–Crippen LogP) is 1.42. The lowest BCUT2D eigenvalue weighted by molar-refractivity contribution is 0.356. The van der Waals surface area contributed by atoms with Crippen LogP contribution in [-0.4, -0.2) is 5.60 Å². The molecule has 5 nitrogen and oxygen atoms in total. The first-order valence-corrected chi connectivity index (χ1v) is 5.24. The molecule has 1 aliphatic rings. The quantitative estimate of drug-likeness (QED) is 0.633. The van der Waals surface area contributed by atoms with Gasteiger partial charge in [0, 0.05) is 0 Å². The number of benzene rings is 1. The van der Waals surface area contributed by atoms with Crippen LogP contribution in [0.15, 0.2) is 35.5 Å². The summed E-state index contributed by atoms with van der Waals surface area (Å²) < 4.78 is 18.1. The number of allylic oxidation sites excluding steroid dienone is 1. The summed E-state index contributed by atoms with van der Waals surface area (Å²) in [6.45, 7) is 0. The smallest absolute Gasteiger partial charge is 0.227 e. The van der Waals surface area contributed by atoms with Gasteiger partial charge >= 0.3 is 0 Å². The van der Waals surface area contributed by atoms with Crippen LogP contribution in [0.3, 0.4) is 0 Å². The van der Waals surface area contributed by atoms with Crippen molar-refractivity contribution in [3.63, 3.8) is 0 Å². The largest absolute Gasteiger partial charge is 0.397 e. The van der Waals surface area contributed by atoms with E-state index >= 15 is 0 Å². The van der Waals surface area contributed by atoms with Crippen molar-refractivity contribution in [3.05, 3.63) is 46.9 Å². The van der Waals surface area contributed by atoms with Crippen molar-refractivity contribution in [2.75, 3.05) is 0 Å². The van der Waals surface area contributed by atoms with Crippen LogP contribution >= 0.6 is 0 Å². The van der Waals surface area contributed by atoms with E-state index in [-0.39, 0.29) is 11.3 Å². The number of hydrogen-bond acceptors (Lipinski definition) is 5. The van der Waals surface area contributed by atoms with Gasteiger partial charge < -0.3 is 10.5 Å². The highest BCUT2D eigenvalue weighted by Crippen LogP contribution is 2.52. The zero-order valence-electron chi connectivity index (χ0n) is 9.59. The summed E-state index contributed by atoms with van der Waals surface area (Å²) in [6, 6.07) is 10.5. The van der Waals surface area contributed by atoms with Gasteiger partial charge in [0.25, 0.3) is 0 Å². The normalized spacial score (nSPS) is 23.6. The van der Waals surface area contributed by atoms with E-state index in [0.717, 1.165) is 0 Å². The molecule has 2 rings (SSSR count). The third kappa shape index (κ3) is 1.89. The average molecular weight is 254 g/mol. The standard InChI is InChI=1S/C13H7FN4O/c14-10-3-1-8(2-4-10)12-13(7-17,19-12)11(18)9(5-15)6-16/h1-4,12H,18H2/t12-,13-/m1/s1. The molecule has 92 valence electrons. The van der Waals surface area contributed by atoms with Crippen LogP contribution in [0.5, 0.6) is 0 Å². The van der Waals surface area contributed by atoms with Crippen LogP contribution in [0.25, 0.3) is 0 Å². The molecule has 1 aromatic rings. The lowest BCUT2D eigenvalue weighted by atomic mass is 9.95. The first-order chi connectivity index (χ1) is 9.08. The van der Waals surface area contributed by atoms with Crippen molar-refractivity contribution in [2.45, 2.75) is 11.7 Å². The van der Waals surface area contributed by atoms with Gasteiger partial charge in [-0.1, -0.05) is 12.1 Å². The van der Waals surface area contributed by atoms with Crippen molar-refractivity contribution in [2.24, 2.45) is 5.73 Å². The van der Waals surface area contributed by atoms with E-state index < -0.39 is 17.5 Å². The number of nitrogens with zero attached hydrogens (tertiary/aromatic N) is 3. The van der Waals surface area contributed by atoms with Gasteiger partial charge in [-0.25, -0.2) is 4.39 Å². The summed E-state index contributed by atoms with van der Waals surface area (Å²) in [7, 11) is 0. The van der Waals surface area contributed by atoms with E-state index in [9.17, 15) is 9.65 Å². The van der Waals surface area contributed by atoms with Gasteiger partial charge in [0.1, 0.15) is 30.1 Å². The molecule has 0 bridgehead atoms. The third-order valence-electron chi connectivity index (χ3n) is 2.85. The van der Waals surface area contributed by atoms with Crippen LogP contribution in [0.2, 0.25) is 0 Å². The van der Waals surface area contributed by atoms with Crippen molar-refractivity contribution < 1.29 is 9.13 Å². The number of hydrogen-bond donors (Lipinski definition) is 1. The molecule has 1 aromatic carbocycles. The molecule has 2 N–H and O–H groups in total. The molecule has 0 amide bonds. The molecule has 0 saturated carbocycles. The summed E-state index contributed by atoms with van der Waals surface area (Å²) in [4.78, 5) is 0. The molecule has 1 fully saturated rings. The fraction of sp³-hybridized carbons (Fsp3) is 0.154. The number of rotatable bonds is 2. The van der Waals surface area contributed by atoms with E-state index in [1.165, 1.54) is 24.3 Å². The van der Waals surface area contributed by atoms with Gasteiger partial charge in [0.15, 0.2) is 5.57 Å². The monoisotopic (exact) mass is 254 g/mol. The van der Waals surface area contributed by atoms with Crippen LogP contribution in [0.1, 0.15) is 11.7 Å². The Hall–Kier alpha value is -2.88. The third-order valence-corrected chi connectivity index (χ3v) is 2.85. The fourth-order valence-electron chi connectivity index (χ4n) is 1.77. The number of ether oxygens (including phenoxy) is 1. The first kappa shape index (κ1) is 12.6. The summed E-state index contributed by atoms with van der Waals surface area (Å²) >= 11 is 0. The van der Waals surface area contributed by atoms with Gasteiger partial charge in [0.2, 0.25) is 5.60 Å². The van der Waals surface area contributed by atoms with Crippen LogP contribution in [-0.2, 0) is 4.74 Å². The van der Waals surface area contributed by atoms with E-state index in [4.69, 9.17) is 21.0 Å². The first-order valence-electron chi connectivity index (χ1n) is 5.24. The maximum Gasteiger partial charge on any atom is 0.227 e. The molecular formula is C13H7FN4O. The van der Waals surface area contributed by atoms with E-state index in [1.54, 1.807) is 12.1 Å². The van der Waals surface area contributed by atoms with Gasteiger partial charge in [-0.3, -0.25) is 0 Å². The fourth-order valence-corrected chi connectivity index (χ4v) is 1.77. The molecule has 6 heteroatoms. The topological polar surface area (TPSA) is 110 Å². The Labute approximate surface area is 108 Å². The Morgan fingerprint density at radius 1 is 1.21 bits per heavy atom. The Morgan fingerprint density at radius 3 is 2.26 bits per heavy atom. The summed E-state index contributed by atoms with van der Waals surface area (Å²) in [5.41, 5.74) is 4.13. The molecular weight excluding hydrogens is 247 g/mol. The van der Waals surface area contributed by atoms with Gasteiger partial charge in [0.05, 0.1) is 5.70 Å². The maximum atomic E-state index is 12.8. The van der Waals surface area contributed by atoms with Gasteiger partial charge in [-0.2, -0.15) is 15.8 Å². The molecule has 1 heterocycles. The zero-order valence-corrected chi connectivity index (χ0v) is 9.59. The minimum absolute atomic E-state index is 0.214. The number of nitrogens with two attached hydrogens (primary N) is 1. The molecule has 0 spiro atoms. The molecule has 0 aliphatic carbocycles. The Kier molecular flexibility index (Phi) is 2.92. The molecule has 19 heavy (non-hydrogen) atoms. The molecule has 0 unspecified atom stereocenters. The predicted molar refractivity (Wildman–Crippen MR) is 61.0 cm³/mol. The lowest BCUT2D eigenvalue weighted by Crippen LogP contribution is -2.22. The number of halogens is 1. The molecule has 0 aromatic heterocycles. The summed E-state index contributed by atoms with van der Waals surface area (Å²) in [5, 5.41) is 26.7. The average Bonchev–Trinajstić information content (AvgIpc) is 3.17. The molecule has 0 radical (unpaired) electrons. The van der Waals surface area contributed by atoms with Crippen molar-refractivity contribution >= 4 is 0 Å². The Bertz CT molecular complexity index is 659. The molecule has 1 aliphatic heterocycles. The minimum atomic E-state index is -1.52. The second kappa shape index (κ2) is 4.42. The zero-order chi connectivity index (χ0) is 14.0. The molecule has 2 atom stereocenters. The van der Waals surface area contributed by atoms with Crippen LogP contribution in [0, 0.1) is 39.8 Å². The summed E-state index contributed by atoms with van der Waals surface area (Å²) in [5.74, 6) is -0.412. The second-order valence-corrected chi connectivity index (χ2v) is 3.91. The van der Waals surface area contributed by atoms with E-state index in [2.05, 4.69) is 0 Å². The molecule has 1 saturated heterocycles. The Morgan fingerprint density at radius 2 is 1.79 bits per heavy atom. The minimum Gasteiger partial charge on any atom is -0.397 e. The van der Waals surface area contributed by atoms with Crippen LogP contribution < -0.4 is 5.73 Å². The van der Waals surface area contributed by atoms with Gasteiger partial charge in [-0.05, 0) is 17.7 Å². The highest BCUT2D eigenvalue weighted by Gasteiger charge is 2.61. The highest BCUT2D eigenvalue weighted by molar-refractivity contribution is 5.51. The number of nitriles is 3. The van der Waals surface area contributed by atoms with Crippen LogP contribution in [0.4, 0.5) is 4.39 Å². The lowest BCUT2D eigenvalue weighted by Gasteiger charge is -2.04. The van der Waals surface area contributed by atoms with Crippen molar-refractivity contribution in [1.29, 1.82) is 15.8 Å². The van der Waals surface area contributed by atoms with E-state index in [0.29, 0.717) is 5.56 Å². The van der Waals surface area contributed by atoms with E-state index in [1.807, 2.05) is 6.07 Å². The highest BCUT2D eigenvalue weighted by atomic mass is 19.1. The number of epoxide rings is 1.